The van der Waals surface area contributed by atoms with E-state index >= 15 is 0 Å². The highest BCUT2D eigenvalue weighted by Gasteiger charge is 2.20. The lowest BCUT2D eigenvalue weighted by Gasteiger charge is -2.18. The molecule has 1 amide bonds. The second-order valence-corrected chi connectivity index (χ2v) is 6.65. The number of carbonyl (C=O) groups excluding carboxylic acids is 1. The maximum atomic E-state index is 12.4. The van der Waals surface area contributed by atoms with Gasteiger partial charge in [-0.2, -0.15) is 0 Å². The lowest BCUT2D eigenvalue weighted by atomic mass is 10.0. The summed E-state index contributed by atoms with van der Waals surface area (Å²) in [6.45, 7) is 6.54. The Balaban J connectivity index is 0.00000242. The molecular weight excluding hydrogens is 368 g/mol. The molecule has 0 fully saturated rings. The van der Waals surface area contributed by atoms with Crippen LogP contribution in [0, 0.1) is 12.8 Å². The van der Waals surface area contributed by atoms with Gasteiger partial charge in [0.1, 0.15) is 5.58 Å². The largest absolute Gasteiger partial charge is 0.451 e. The molecule has 2 rings (SSSR count). The molecule has 0 saturated carbocycles. The summed E-state index contributed by atoms with van der Waals surface area (Å²) in [5.41, 5.74) is 7.30. The van der Waals surface area contributed by atoms with Crippen LogP contribution in [0.3, 0.4) is 0 Å². The molecule has 6 heteroatoms. The number of nitrogens with two attached hydrogens (primary N) is 1. The third kappa shape index (κ3) is 4.24. The Hall–Kier alpha value is -1.04. The van der Waals surface area contributed by atoms with Crippen molar-refractivity contribution in [3.05, 3.63) is 34.0 Å². The minimum absolute atomic E-state index is 0. The fourth-order valence-electron chi connectivity index (χ4n) is 2.44. The number of aryl methyl sites for hydroxylation is 1. The molecule has 1 unspecified atom stereocenters. The number of fused-ring (bicyclic) bond motifs is 1. The summed E-state index contributed by atoms with van der Waals surface area (Å²) in [5, 5.41) is 3.91. The Morgan fingerprint density at radius 3 is 2.68 bits per heavy atom. The molecule has 0 bridgehead atoms. The number of halogens is 2. The second-order valence-electron chi connectivity index (χ2n) is 5.73. The first-order chi connectivity index (χ1) is 9.92. The first kappa shape index (κ1) is 19.0. The van der Waals surface area contributed by atoms with Gasteiger partial charge in [0.2, 0.25) is 0 Å². The monoisotopic (exact) mass is 388 g/mol. The fraction of sp³-hybridized carbons (Fsp3) is 0.438. The quantitative estimate of drug-likeness (QED) is 0.811. The minimum atomic E-state index is -0.198. The molecule has 22 heavy (non-hydrogen) atoms. The highest BCUT2D eigenvalue weighted by atomic mass is 79.9. The third-order valence-electron chi connectivity index (χ3n) is 3.48. The molecule has 122 valence electrons. The van der Waals surface area contributed by atoms with Crippen LogP contribution < -0.4 is 11.1 Å². The highest BCUT2D eigenvalue weighted by molar-refractivity contribution is 9.10. The molecule has 4 nitrogen and oxygen atoms in total. The summed E-state index contributed by atoms with van der Waals surface area (Å²) < 4.78 is 6.66. The van der Waals surface area contributed by atoms with Gasteiger partial charge >= 0.3 is 0 Å². The molecule has 3 N–H and O–H groups in total. The van der Waals surface area contributed by atoms with E-state index in [9.17, 15) is 4.79 Å². The molecule has 2 aromatic rings. The molecule has 0 saturated heterocycles. The van der Waals surface area contributed by atoms with E-state index in [1.165, 1.54) is 0 Å². The van der Waals surface area contributed by atoms with Gasteiger partial charge in [-0.3, -0.25) is 4.79 Å². The van der Waals surface area contributed by atoms with Crippen molar-refractivity contribution in [1.82, 2.24) is 5.32 Å². The van der Waals surface area contributed by atoms with Crippen molar-refractivity contribution < 1.29 is 9.21 Å². The van der Waals surface area contributed by atoms with E-state index in [1.54, 1.807) is 0 Å². The second kappa shape index (κ2) is 7.99. The Morgan fingerprint density at radius 2 is 2.09 bits per heavy atom. The summed E-state index contributed by atoms with van der Waals surface area (Å²) >= 11 is 3.43. The van der Waals surface area contributed by atoms with E-state index < -0.39 is 0 Å². The number of amides is 1. The van der Waals surface area contributed by atoms with E-state index in [4.69, 9.17) is 10.2 Å². The van der Waals surface area contributed by atoms with E-state index in [-0.39, 0.29) is 24.4 Å². The first-order valence-corrected chi connectivity index (χ1v) is 7.91. The smallest absolute Gasteiger partial charge is 0.287 e. The maximum Gasteiger partial charge on any atom is 0.287 e. The van der Waals surface area contributed by atoms with Crippen molar-refractivity contribution in [3.8, 4) is 0 Å². The summed E-state index contributed by atoms with van der Waals surface area (Å²) in [6.07, 6.45) is 0.854. The number of hydrogen-bond donors (Lipinski definition) is 2. The average molecular weight is 390 g/mol. The number of rotatable bonds is 5. The number of furan rings is 1. The van der Waals surface area contributed by atoms with Gasteiger partial charge in [-0.15, -0.1) is 12.4 Å². The Kier molecular flexibility index (Phi) is 6.91. The normalized spacial score (nSPS) is 12.3. The molecule has 0 radical (unpaired) electrons. The van der Waals surface area contributed by atoms with Crippen LogP contribution in [0.4, 0.5) is 0 Å². The van der Waals surface area contributed by atoms with Gasteiger partial charge < -0.3 is 15.5 Å². The Bertz CT molecular complexity index is 655. The van der Waals surface area contributed by atoms with Gasteiger partial charge in [0.25, 0.3) is 5.91 Å². The van der Waals surface area contributed by atoms with Crippen LogP contribution in [-0.2, 0) is 0 Å². The number of carbonyl (C=O) groups is 1. The molecule has 1 aromatic carbocycles. The molecule has 0 aliphatic rings. The average Bonchev–Trinajstić information content (AvgIpc) is 2.74. The van der Waals surface area contributed by atoms with Crippen molar-refractivity contribution in [2.24, 2.45) is 11.7 Å². The van der Waals surface area contributed by atoms with Crippen molar-refractivity contribution in [2.75, 3.05) is 6.54 Å². The predicted molar refractivity (Wildman–Crippen MR) is 95.7 cm³/mol. The molecular formula is C16H22BrClN2O2. The SMILES string of the molecule is Cc1c(C(=O)NC(CN)CC(C)C)oc2ccc(Br)cc12.Cl. The van der Waals surface area contributed by atoms with E-state index in [0.29, 0.717) is 23.8 Å². The van der Waals surface area contributed by atoms with Gasteiger partial charge in [-0.05, 0) is 37.5 Å². The molecule has 1 aromatic heterocycles. The topological polar surface area (TPSA) is 68.3 Å². The molecule has 1 atom stereocenters. The lowest BCUT2D eigenvalue weighted by Crippen LogP contribution is -2.41. The number of nitrogens with one attached hydrogen (secondary N) is 1. The summed E-state index contributed by atoms with van der Waals surface area (Å²) in [5.74, 6) is 0.646. The lowest BCUT2D eigenvalue weighted by molar-refractivity contribution is 0.0907. The zero-order valence-corrected chi connectivity index (χ0v) is 15.4. The van der Waals surface area contributed by atoms with Crippen LogP contribution in [0.25, 0.3) is 11.0 Å². The van der Waals surface area contributed by atoms with Crippen LogP contribution >= 0.6 is 28.3 Å². The minimum Gasteiger partial charge on any atom is -0.451 e. The third-order valence-corrected chi connectivity index (χ3v) is 3.97. The molecule has 1 heterocycles. The van der Waals surface area contributed by atoms with E-state index in [2.05, 4.69) is 35.1 Å². The Morgan fingerprint density at radius 1 is 1.41 bits per heavy atom. The summed E-state index contributed by atoms with van der Waals surface area (Å²) in [4.78, 5) is 12.4. The van der Waals surface area contributed by atoms with Gasteiger partial charge in [-0.1, -0.05) is 29.8 Å². The summed E-state index contributed by atoms with van der Waals surface area (Å²) in [6, 6.07) is 5.68. The first-order valence-electron chi connectivity index (χ1n) is 7.12. The van der Waals surface area contributed by atoms with Crippen LogP contribution in [0.5, 0.6) is 0 Å². The van der Waals surface area contributed by atoms with Crippen molar-refractivity contribution in [2.45, 2.75) is 33.2 Å². The maximum absolute atomic E-state index is 12.4. The highest BCUT2D eigenvalue weighted by Crippen LogP contribution is 2.28. The van der Waals surface area contributed by atoms with Crippen molar-refractivity contribution in [3.63, 3.8) is 0 Å². The zero-order valence-electron chi connectivity index (χ0n) is 13.0. The zero-order chi connectivity index (χ0) is 15.6. The van der Waals surface area contributed by atoms with Crippen molar-refractivity contribution in [1.29, 1.82) is 0 Å². The Labute approximate surface area is 145 Å². The van der Waals surface area contributed by atoms with Crippen molar-refractivity contribution >= 4 is 45.2 Å². The van der Waals surface area contributed by atoms with Crippen LogP contribution in [0.2, 0.25) is 0 Å². The molecule has 0 aliphatic heterocycles. The molecule has 0 aliphatic carbocycles. The molecule has 0 spiro atoms. The standard InChI is InChI=1S/C16H21BrN2O2.ClH/c1-9(2)6-12(8-18)19-16(20)15-10(3)13-7-11(17)4-5-14(13)21-15;/h4-5,7,9,12H,6,8,18H2,1-3H3,(H,19,20);1H. The van der Waals surface area contributed by atoms with Crippen LogP contribution in [0.15, 0.2) is 27.1 Å². The van der Waals surface area contributed by atoms with Gasteiger partial charge in [-0.25, -0.2) is 0 Å². The number of benzene rings is 1. The van der Waals surface area contributed by atoms with E-state index in [0.717, 1.165) is 21.8 Å². The fourth-order valence-corrected chi connectivity index (χ4v) is 2.80. The van der Waals surface area contributed by atoms with Crippen LogP contribution in [0.1, 0.15) is 36.4 Å². The number of hydrogen-bond acceptors (Lipinski definition) is 3. The summed E-state index contributed by atoms with van der Waals surface area (Å²) in [7, 11) is 0. The van der Waals surface area contributed by atoms with Gasteiger partial charge in [0.15, 0.2) is 5.76 Å². The van der Waals surface area contributed by atoms with Gasteiger partial charge in [0.05, 0.1) is 0 Å². The van der Waals surface area contributed by atoms with Crippen LogP contribution in [-0.4, -0.2) is 18.5 Å². The van der Waals surface area contributed by atoms with Gasteiger partial charge in [0, 0.05) is 28.0 Å². The van der Waals surface area contributed by atoms with E-state index in [1.807, 2.05) is 25.1 Å². The predicted octanol–water partition coefficient (Wildman–Crippen LogP) is 4.03.